The molecule has 2 radical (unpaired) electrons. The zero-order valence-corrected chi connectivity index (χ0v) is 4.36. The molecule has 8 heavy (non-hydrogen) atoms. The van der Waals surface area contributed by atoms with Gasteiger partial charge >= 0.3 is 15.4 Å². The standard InChI is InChI=1S/C2H4.2BH2O2/c1-2;2*2-1-3/h1-2H2;2*2-3H. The van der Waals surface area contributed by atoms with E-state index in [1.165, 1.54) is 0 Å². The molecule has 0 saturated heterocycles. The van der Waals surface area contributed by atoms with Crippen LogP contribution in [0.5, 0.6) is 0 Å². The lowest BCUT2D eigenvalue weighted by atomic mass is 10.5. The Hall–Kier alpha value is -0.290. The molecule has 0 rings (SSSR count). The van der Waals surface area contributed by atoms with Crippen LogP contribution >= 0.6 is 0 Å². The number of hydrogen-bond acceptors (Lipinski definition) is 4. The van der Waals surface area contributed by atoms with E-state index in [9.17, 15) is 0 Å². The van der Waals surface area contributed by atoms with Crippen LogP contribution in [0.25, 0.3) is 0 Å². The van der Waals surface area contributed by atoms with Crippen molar-refractivity contribution in [2.75, 3.05) is 0 Å². The molecular formula is C2H8B2O4. The molecule has 0 fully saturated rings. The van der Waals surface area contributed by atoms with Crippen LogP contribution in [0.15, 0.2) is 13.2 Å². The summed E-state index contributed by atoms with van der Waals surface area (Å²) in [5.41, 5.74) is 0. The minimum absolute atomic E-state index is 0. The van der Waals surface area contributed by atoms with Gasteiger partial charge in [0, 0.05) is 0 Å². The maximum Gasteiger partial charge on any atom is 0.482 e. The van der Waals surface area contributed by atoms with Gasteiger partial charge in [-0.3, -0.25) is 0 Å². The molecule has 0 aliphatic carbocycles. The van der Waals surface area contributed by atoms with E-state index >= 15 is 0 Å². The Labute approximate surface area is 49.7 Å². The Kier molecular flexibility index (Phi) is 146. The summed E-state index contributed by atoms with van der Waals surface area (Å²) >= 11 is 0. The molecule has 0 aromatic rings. The molecule has 0 spiro atoms. The normalized spacial score (nSPS) is 4.00. The van der Waals surface area contributed by atoms with Gasteiger partial charge in [-0.25, -0.2) is 0 Å². The second-order valence-corrected chi connectivity index (χ2v) is 0.231. The van der Waals surface area contributed by atoms with Crippen LogP contribution in [-0.2, 0) is 0 Å². The zero-order chi connectivity index (χ0) is 7.41. The Balaban J connectivity index is -0.0000000483. The lowest BCUT2D eigenvalue weighted by Crippen LogP contribution is -1.75. The largest absolute Gasteiger partial charge is 0.482 e. The van der Waals surface area contributed by atoms with Crippen molar-refractivity contribution in [2.45, 2.75) is 0 Å². The Morgan fingerprint density at radius 2 is 0.750 bits per heavy atom. The summed E-state index contributed by atoms with van der Waals surface area (Å²) in [5.74, 6) is 0. The first kappa shape index (κ1) is 15.6. The topological polar surface area (TPSA) is 80.9 Å². The second kappa shape index (κ2) is 74.8. The third-order valence-electron chi connectivity index (χ3n) is 0. The lowest BCUT2D eigenvalue weighted by Gasteiger charge is -1.46. The van der Waals surface area contributed by atoms with Crippen molar-refractivity contribution in [2.24, 2.45) is 0 Å². The van der Waals surface area contributed by atoms with E-state index in [1.807, 2.05) is 0 Å². The van der Waals surface area contributed by atoms with Crippen LogP contribution in [0, 0.1) is 0 Å². The van der Waals surface area contributed by atoms with E-state index in [-0.39, 0.29) is 15.4 Å². The maximum absolute atomic E-state index is 7.00. The van der Waals surface area contributed by atoms with Gasteiger partial charge in [0.2, 0.25) is 0 Å². The first-order valence-corrected chi connectivity index (χ1v) is 1.53. The average molecular weight is 118 g/mol. The van der Waals surface area contributed by atoms with Crippen molar-refractivity contribution in [3.63, 3.8) is 0 Å². The molecule has 6 heteroatoms. The highest BCUT2D eigenvalue weighted by Crippen LogP contribution is 1.08. The van der Waals surface area contributed by atoms with Crippen LogP contribution < -0.4 is 0 Å². The van der Waals surface area contributed by atoms with Crippen molar-refractivity contribution in [1.82, 2.24) is 0 Å². The smallest absolute Gasteiger partial charge is 0.429 e. The lowest BCUT2D eigenvalue weighted by molar-refractivity contribution is 0.447. The van der Waals surface area contributed by atoms with Crippen LogP contribution in [-0.4, -0.2) is 35.5 Å². The van der Waals surface area contributed by atoms with Crippen LogP contribution in [0.1, 0.15) is 0 Å². The molecule has 0 aromatic heterocycles. The van der Waals surface area contributed by atoms with Gasteiger partial charge in [0.1, 0.15) is 0 Å². The summed E-state index contributed by atoms with van der Waals surface area (Å²) in [5, 5.41) is 28.0. The molecule has 0 bridgehead atoms. The molecule has 0 unspecified atom stereocenters. The van der Waals surface area contributed by atoms with Gasteiger partial charge in [0.05, 0.1) is 0 Å². The number of hydrogen-bond donors (Lipinski definition) is 4. The molecule has 0 aromatic carbocycles. The molecule has 0 saturated carbocycles. The highest BCUT2D eigenvalue weighted by Gasteiger charge is 1.52. The summed E-state index contributed by atoms with van der Waals surface area (Å²) in [6.45, 7) is 6.00. The van der Waals surface area contributed by atoms with Crippen molar-refractivity contribution in [3.8, 4) is 0 Å². The monoisotopic (exact) mass is 118 g/mol. The molecule has 0 heterocycles. The third-order valence-corrected chi connectivity index (χ3v) is 0. The van der Waals surface area contributed by atoms with Crippen molar-refractivity contribution in [1.29, 1.82) is 0 Å². The minimum atomic E-state index is 0. The quantitative estimate of drug-likeness (QED) is 0.215. The Bertz CT molecular complexity index is 19.5. The van der Waals surface area contributed by atoms with E-state index in [1.54, 1.807) is 0 Å². The number of rotatable bonds is 0. The summed E-state index contributed by atoms with van der Waals surface area (Å²) in [7, 11) is 0. The van der Waals surface area contributed by atoms with Crippen LogP contribution in [0.2, 0.25) is 0 Å². The first-order chi connectivity index (χ1) is 3.83. The summed E-state index contributed by atoms with van der Waals surface area (Å²) in [6, 6.07) is 0. The Morgan fingerprint density at radius 3 is 0.750 bits per heavy atom. The third kappa shape index (κ3) is 1500. The molecule has 0 aliphatic heterocycles. The molecule has 0 aliphatic rings. The van der Waals surface area contributed by atoms with Gasteiger partial charge in [0.15, 0.2) is 0 Å². The van der Waals surface area contributed by atoms with Gasteiger partial charge < -0.3 is 20.1 Å². The first-order valence-electron chi connectivity index (χ1n) is 1.53. The molecule has 4 nitrogen and oxygen atoms in total. The highest BCUT2D eigenvalue weighted by atomic mass is 16.4. The van der Waals surface area contributed by atoms with Crippen molar-refractivity contribution < 1.29 is 20.1 Å². The SMILES string of the molecule is C=C.O[B]O.O[B]O. The molecular weight excluding hydrogens is 110 g/mol. The van der Waals surface area contributed by atoms with Gasteiger partial charge in [-0.2, -0.15) is 0 Å². The van der Waals surface area contributed by atoms with E-state index in [2.05, 4.69) is 13.2 Å². The van der Waals surface area contributed by atoms with Crippen LogP contribution in [0.4, 0.5) is 0 Å². The van der Waals surface area contributed by atoms with Gasteiger partial charge in [0.25, 0.3) is 0 Å². The fraction of sp³-hybridized carbons (Fsp3) is 0. The molecule has 0 amide bonds. The van der Waals surface area contributed by atoms with E-state index in [0.29, 0.717) is 0 Å². The fourth-order valence-corrected chi connectivity index (χ4v) is 0. The highest BCUT2D eigenvalue weighted by molar-refractivity contribution is 6.13. The van der Waals surface area contributed by atoms with Crippen molar-refractivity contribution >= 4 is 15.4 Å². The molecule has 0 atom stereocenters. The fourth-order valence-electron chi connectivity index (χ4n) is 0. The second-order valence-electron chi connectivity index (χ2n) is 0.231. The van der Waals surface area contributed by atoms with Gasteiger partial charge in [-0.05, 0) is 0 Å². The molecule has 4 N–H and O–H groups in total. The molecule has 46 valence electrons. The average Bonchev–Trinajstić information content (AvgIpc) is 1.75. The van der Waals surface area contributed by atoms with Crippen molar-refractivity contribution in [3.05, 3.63) is 13.2 Å². The Morgan fingerprint density at radius 1 is 0.750 bits per heavy atom. The van der Waals surface area contributed by atoms with Gasteiger partial charge in [-0.15, -0.1) is 13.2 Å². The zero-order valence-electron chi connectivity index (χ0n) is 4.36. The minimum Gasteiger partial charge on any atom is -0.429 e. The summed E-state index contributed by atoms with van der Waals surface area (Å²) in [4.78, 5) is 0. The van der Waals surface area contributed by atoms with E-state index in [0.717, 1.165) is 0 Å². The van der Waals surface area contributed by atoms with Crippen LogP contribution in [0.3, 0.4) is 0 Å². The maximum atomic E-state index is 7.00. The van der Waals surface area contributed by atoms with E-state index < -0.39 is 0 Å². The van der Waals surface area contributed by atoms with E-state index in [4.69, 9.17) is 20.1 Å². The summed E-state index contributed by atoms with van der Waals surface area (Å²) in [6.07, 6.45) is 0. The van der Waals surface area contributed by atoms with Gasteiger partial charge in [-0.1, -0.05) is 0 Å². The predicted molar refractivity (Wildman–Crippen MR) is 31.6 cm³/mol. The predicted octanol–water partition coefficient (Wildman–Crippen LogP) is -2.19. The summed E-state index contributed by atoms with van der Waals surface area (Å²) < 4.78 is 0.